The van der Waals surface area contributed by atoms with Gasteiger partial charge in [0.2, 0.25) is 0 Å². The molecule has 5 nitrogen and oxygen atoms in total. The van der Waals surface area contributed by atoms with Gasteiger partial charge < -0.3 is 19.1 Å². The SMILES string of the molecule is COc1cc2c(cc1O)c1ccnc3c1n2C1OC1C=C3. The molecule has 3 aromatic rings. The Morgan fingerprint density at radius 3 is 3.10 bits per heavy atom. The molecule has 0 amide bonds. The summed E-state index contributed by atoms with van der Waals surface area (Å²) < 4.78 is 13.1. The Labute approximate surface area is 120 Å². The highest BCUT2D eigenvalue weighted by Crippen LogP contribution is 2.46. The number of fused-ring (bicyclic) bond motifs is 5. The van der Waals surface area contributed by atoms with E-state index in [4.69, 9.17) is 9.47 Å². The highest BCUT2D eigenvalue weighted by atomic mass is 16.6. The molecule has 0 bridgehead atoms. The number of phenolic OH excluding ortho intramolecular Hbond substituents is 1. The van der Waals surface area contributed by atoms with Gasteiger partial charge in [-0.3, -0.25) is 4.98 Å². The molecule has 5 heteroatoms. The summed E-state index contributed by atoms with van der Waals surface area (Å²) >= 11 is 0. The van der Waals surface area contributed by atoms with Crippen molar-refractivity contribution in [1.29, 1.82) is 0 Å². The second-order valence-electron chi connectivity index (χ2n) is 5.35. The van der Waals surface area contributed by atoms with Gasteiger partial charge in [-0.25, -0.2) is 0 Å². The van der Waals surface area contributed by atoms with E-state index in [1.54, 1.807) is 19.4 Å². The van der Waals surface area contributed by atoms with Crippen molar-refractivity contribution in [2.75, 3.05) is 7.11 Å². The van der Waals surface area contributed by atoms with Crippen molar-refractivity contribution in [2.45, 2.75) is 12.3 Å². The van der Waals surface area contributed by atoms with Crippen molar-refractivity contribution in [3.8, 4) is 11.5 Å². The lowest BCUT2D eigenvalue weighted by molar-refractivity contribution is 0.350. The summed E-state index contributed by atoms with van der Waals surface area (Å²) in [5.74, 6) is 0.605. The molecule has 1 aromatic carbocycles. The zero-order valence-electron chi connectivity index (χ0n) is 11.3. The number of methoxy groups -OCH3 is 1. The number of pyridine rings is 1. The molecule has 4 heterocycles. The van der Waals surface area contributed by atoms with Crippen molar-refractivity contribution in [1.82, 2.24) is 9.55 Å². The number of hydrogen-bond donors (Lipinski definition) is 1. The topological polar surface area (TPSA) is 59.8 Å². The van der Waals surface area contributed by atoms with E-state index in [9.17, 15) is 5.11 Å². The largest absolute Gasteiger partial charge is 0.504 e. The minimum atomic E-state index is 0.000879. The summed E-state index contributed by atoms with van der Waals surface area (Å²) in [4.78, 5) is 4.46. The predicted molar refractivity (Wildman–Crippen MR) is 78.4 cm³/mol. The van der Waals surface area contributed by atoms with Crippen molar-refractivity contribution in [2.24, 2.45) is 0 Å². The van der Waals surface area contributed by atoms with Crippen LogP contribution in [0.5, 0.6) is 11.5 Å². The van der Waals surface area contributed by atoms with Crippen molar-refractivity contribution < 1.29 is 14.6 Å². The summed E-state index contributed by atoms with van der Waals surface area (Å²) in [6.07, 6.45) is 5.94. The lowest BCUT2D eigenvalue weighted by Crippen LogP contribution is -1.97. The third-order valence-corrected chi connectivity index (χ3v) is 4.24. The molecular weight excluding hydrogens is 268 g/mol. The fourth-order valence-corrected chi connectivity index (χ4v) is 3.23. The van der Waals surface area contributed by atoms with Crippen molar-refractivity contribution in [3.63, 3.8) is 0 Å². The van der Waals surface area contributed by atoms with Crippen molar-refractivity contribution >= 4 is 27.9 Å². The van der Waals surface area contributed by atoms with Crippen molar-refractivity contribution in [3.05, 3.63) is 36.2 Å². The van der Waals surface area contributed by atoms with Crippen LogP contribution in [0.25, 0.3) is 27.9 Å². The maximum absolute atomic E-state index is 10.1. The lowest BCUT2D eigenvalue weighted by atomic mass is 10.1. The molecule has 0 saturated carbocycles. The average Bonchev–Trinajstić information content (AvgIpc) is 3.20. The molecule has 2 aliphatic rings. The summed E-state index contributed by atoms with van der Waals surface area (Å²) in [6.45, 7) is 0. The zero-order valence-corrected chi connectivity index (χ0v) is 11.3. The first kappa shape index (κ1) is 11.2. The number of phenols is 1. The molecule has 104 valence electrons. The van der Waals surface area contributed by atoms with Gasteiger partial charge in [0, 0.05) is 23.0 Å². The van der Waals surface area contributed by atoms with Crippen LogP contribution in [0.1, 0.15) is 11.9 Å². The second-order valence-corrected chi connectivity index (χ2v) is 5.35. The van der Waals surface area contributed by atoms with E-state index in [-0.39, 0.29) is 18.1 Å². The molecule has 2 aliphatic heterocycles. The van der Waals surface area contributed by atoms with Crippen LogP contribution < -0.4 is 4.74 Å². The number of benzene rings is 1. The number of rotatable bonds is 1. The molecule has 2 aromatic heterocycles. The Morgan fingerprint density at radius 1 is 1.33 bits per heavy atom. The van der Waals surface area contributed by atoms with Gasteiger partial charge in [-0.05, 0) is 24.3 Å². The fourth-order valence-electron chi connectivity index (χ4n) is 3.23. The van der Waals surface area contributed by atoms with E-state index in [1.807, 2.05) is 24.3 Å². The van der Waals surface area contributed by atoms with Gasteiger partial charge in [0.15, 0.2) is 17.7 Å². The minimum Gasteiger partial charge on any atom is -0.504 e. The Kier molecular flexibility index (Phi) is 1.89. The molecule has 5 rings (SSSR count). The maximum atomic E-state index is 10.1. The van der Waals surface area contributed by atoms with E-state index in [0.29, 0.717) is 5.75 Å². The maximum Gasteiger partial charge on any atom is 0.165 e. The molecule has 21 heavy (non-hydrogen) atoms. The predicted octanol–water partition coefficient (Wildman–Crippen LogP) is 2.83. The van der Waals surface area contributed by atoms with E-state index < -0.39 is 0 Å². The summed E-state index contributed by atoms with van der Waals surface area (Å²) in [6, 6.07) is 5.58. The van der Waals surface area contributed by atoms with Crippen LogP contribution >= 0.6 is 0 Å². The van der Waals surface area contributed by atoms with Gasteiger partial charge in [-0.15, -0.1) is 0 Å². The number of aromatic hydroxyl groups is 1. The second kappa shape index (κ2) is 3.56. The van der Waals surface area contributed by atoms with Crippen LogP contribution in [0, 0.1) is 0 Å². The zero-order chi connectivity index (χ0) is 14.1. The Morgan fingerprint density at radius 2 is 2.24 bits per heavy atom. The standard InChI is InChI=1S/C16H12N2O3/c1-20-14-7-11-9(6-12(14)19)8-4-5-17-10-2-3-13-16(21-13)18(11)15(8)10/h2-7,13,16,19H,1H3. The fraction of sp³-hybridized carbons (Fsp3) is 0.188. The highest BCUT2D eigenvalue weighted by Gasteiger charge is 2.42. The van der Waals surface area contributed by atoms with Gasteiger partial charge in [0.25, 0.3) is 0 Å². The Balaban J connectivity index is 2.02. The van der Waals surface area contributed by atoms with E-state index in [1.165, 1.54) is 0 Å². The monoisotopic (exact) mass is 280 g/mol. The summed E-state index contributed by atoms with van der Waals surface area (Å²) in [5.41, 5.74) is 2.96. The van der Waals surface area contributed by atoms with Crippen LogP contribution in [0.4, 0.5) is 0 Å². The molecule has 2 unspecified atom stereocenters. The van der Waals surface area contributed by atoms with Crippen LogP contribution in [0.3, 0.4) is 0 Å². The Bertz CT molecular complexity index is 942. The summed E-state index contributed by atoms with van der Waals surface area (Å²) in [7, 11) is 1.55. The minimum absolute atomic E-state index is 0.000879. The quantitative estimate of drug-likeness (QED) is 0.696. The first-order chi connectivity index (χ1) is 10.3. The Hall–Kier alpha value is -2.53. The van der Waals surface area contributed by atoms with Gasteiger partial charge >= 0.3 is 0 Å². The highest BCUT2D eigenvalue weighted by molar-refractivity contribution is 6.11. The lowest BCUT2D eigenvalue weighted by Gasteiger charge is -2.06. The molecule has 2 atom stereocenters. The summed E-state index contributed by atoms with van der Waals surface area (Å²) in [5, 5.41) is 12.1. The number of ether oxygens (including phenoxy) is 2. The average molecular weight is 280 g/mol. The molecule has 0 aliphatic carbocycles. The van der Waals surface area contributed by atoms with Crippen LogP contribution in [-0.4, -0.2) is 27.9 Å². The molecule has 1 fully saturated rings. The van der Waals surface area contributed by atoms with Crippen LogP contribution in [-0.2, 0) is 4.74 Å². The molecule has 0 spiro atoms. The van der Waals surface area contributed by atoms with E-state index >= 15 is 0 Å². The number of hydrogen-bond acceptors (Lipinski definition) is 4. The normalized spacial score (nSPS) is 22.3. The van der Waals surface area contributed by atoms with Crippen LogP contribution in [0.15, 0.2) is 30.5 Å². The van der Waals surface area contributed by atoms with E-state index in [2.05, 4.69) is 9.55 Å². The first-order valence-electron chi connectivity index (χ1n) is 6.81. The van der Waals surface area contributed by atoms with E-state index in [0.717, 1.165) is 27.5 Å². The number of epoxide rings is 1. The number of nitrogens with zero attached hydrogens (tertiary/aromatic N) is 2. The molecule has 1 N–H and O–H groups in total. The third kappa shape index (κ3) is 1.31. The van der Waals surface area contributed by atoms with Gasteiger partial charge in [-0.1, -0.05) is 0 Å². The van der Waals surface area contributed by atoms with Gasteiger partial charge in [0.05, 0.1) is 23.8 Å². The van der Waals surface area contributed by atoms with Gasteiger partial charge in [-0.2, -0.15) is 0 Å². The smallest absolute Gasteiger partial charge is 0.165 e. The first-order valence-corrected chi connectivity index (χ1v) is 6.81. The van der Waals surface area contributed by atoms with Crippen LogP contribution in [0.2, 0.25) is 0 Å². The molecule has 1 saturated heterocycles. The number of aromatic nitrogens is 2. The molecular formula is C16H12N2O3. The molecule has 0 radical (unpaired) electrons. The van der Waals surface area contributed by atoms with Gasteiger partial charge in [0.1, 0.15) is 6.10 Å². The third-order valence-electron chi connectivity index (χ3n) is 4.24.